The molecule has 0 aliphatic heterocycles. The summed E-state index contributed by atoms with van der Waals surface area (Å²) in [4.78, 5) is 0. The van der Waals surface area contributed by atoms with Crippen molar-refractivity contribution in [2.24, 2.45) is 0 Å². The molecule has 4 nitrogen and oxygen atoms in total. The molecule has 0 unspecified atom stereocenters. The fraction of sp³-hybridized carbons (Fsp3) is 0. The van der Waals surface area contributed by atoms with Gasteiger partial charge in [-0.25, -0.2) is 0 Å². The minimum absolute atomic E-state index is 0. The zero-order valence-electron chi connectivity index (χ0n) is 2.89. The van der Waals surface area contributed by atoms with Crippen LogP contribution in [0.15, 0.2) is 0 Å². The molecule has 0 amide bonds. The Labute approximate surface area is 31.3 Å². The molecule has 0 aliphatic rings. The standard InChI is InChI=1S/BH2O2.2H3N/c2-1-3;;/h2-3H;2*1H3. The summed E-state index contributed by atoms with van der Waals surface area (Å²) >= 11 is 0. The third-order valence-electron chi connectivity index (χ3n) is 0. The lowest BCUT2D eigenvalue weighted by molar-refractivity contribution is 0.448. The molecule has 0 bridgehead atoms. The maximum atomic E-state index is 7.00. The normalized spacial score (nSPS) is 2.80. The molecule has 5 heteroatoms. The van der Waals surface area contributed by atoms with Crippen molar-refractivity contribution in [1.82, 2.24) is 12.3 Å². The zero-order valence-corrected chi connectivity index (χ0v) is 2.89. The Morgan fingerprint density at radius 2 is 1.00 bits per heavy atom. The van der Waals surface area contributed by atoms with Gasteiger partial charge in [-0.05, 0) is 0 Å². The molecule has 0 saturated heterocycles. The Kier molecular flexibility index (Phi) is 166. The van der Waals surface area contributed by atoms with E-state index < -0.39 is 0 Å². The SMILES string of the molecule is N.N.O[B]O. The number of hydrogen-bond acceptors (Lipinski definition) is 4. The van der Waals surface area contributed by atoms with E-state index >= 15 is 0 Å². The summed E-state index contributed by atoms with van der Waals surface area (Å²) in [6.07, 6.45) is 0. The lowest BCUT2D eigenvalue weighted by Crippen LogP contribution is -1.75. The Morgan fingerprint density at radius 3 is 1.00 bits per heavy atom. The number of hydrogen-bond donors (Lipinski definition) is 4. The van der Waals surface area contributed by atoms with E-state index in [0.29, 0.717) is 0 Å². The van der Waals surface area contributed by atoms with Crippen LogP contribution < -0.4 is 12.3 Å². The van der Waals surface area contributed by atoms with E-state index in [2.05, 4.69) is 0 Å². The van der Waals surface area contributed by atoms with E-state index in [1.54, 1.807) is 0 Å². The summed E-state index contributed by atoms with van der Waals surface area (Å²) in [5.41, 5.74) is 0. The van der Waals surface area contributed by atoms with Gasteiger partial charge in [0.25, 0.3) is 0 Å². The van der Waals surface area contributed by atoms with Gasteiger partial charge >= 0.3 is 7.69 Å². The van der Waals surface area contributed by atoms with Gasteiger partial charge in [-0.15, -0.1) is 0 Å². The van der Waals surface area contributed by atoms with Crippen LogP contribution in [-0.4, -0.2) is 17.7 Å². The monoisotopic (exact) mass is 79.1 g/mol. The molecule has 0 aromatic carbocycles. The van der Waals surface area contributed by atoms with Gasteiger partial charge in [-0.1, -0.05) is 0 Å². The lowest BCUT2D eigenvalue weighted by atomic mass is 10.5. The third-order valence-corrected chi connectivity index (χ3v) is 0. The molecule has 0 saturated carbocycles. The molecule has 0 fully saturated rings. The van der Waals surface area contributed by atoms with Crippen LogP contribution in [0.3, 0.4) is 0 Å². The minimum Gasteiger partial charge on any atom is -0.429 e. The van der Waals surface area contributed by atoms with Crippen LogP contribution in [0.2, 0.25) is 0 Å². The Bertz CT molecular complexity index is 7.61. The van der Waals surface area contributed by atoms with Crippen molar-refractivity contribution in [2.45, 2.75) is 0 Å². The predicted molar refractivity (Wildman–Crippen MR) is 20.2 cm³/mol. The van der Waals surface area contributed by atoms with E-state index in [1.165, 1.54) is 0 Å². The molecule has 0 atom stereocenters. The Balaban J connectivity index is -0.0000000200. The highest BCUT2D eigenvalue weighted by Gasteiger charge is 1.51. The summed E-state index contributed by atoms with van der Waals surface area (Å²) in [5, 5.41) is 14.0. The van der Waals surface area contributed by atoms with Gasteiger partial charge in [0.2, 0.25) is 0 Å². The quantitative estimate of drug-likeness (QED) is 0.274. The van der Waals surface area contributed by atoms with Crippen LogP contribution in [0.5, 0.6) is 0 Å². The average molecular weight is 78.9 g/mol. The first-order chi connectivity index (χ1) is 1.41. The van der Waals surface area contributed by atoms with E-state index in [1.807, 2.05) is 0 Å². The molecule has 0 rings (SSSR count). The molecule has 33 valence electrons. The van der Waals surface area contributed by atoms with Crippen molar-refractivity contribution < 1.29 is 10.0 Å². The zero-order chi connectivity index (χ0) is 2.71. The second-order valence-corrected chi connectivity index (χ2v) is 0.115. The van der Waals surface area contributed by atoms with Gasteiger partial charge in [0.05, 0.1) is 0 Å². The topological polar surface area (TPSA) is 110 Å². The molecule has 0 aliphatic carbocycles. The van der Waals surface area contributed by atoms with Gasteiger partial charge in [-0.3, -0.25) is 0 Å². The first-order valence-electron chi connectivity index (χ1n) is 0.516. The van der Waals surface area contributed by atoms with E-state index in [4.69, 9.17) is 10.0 Å². The first-order valence-corrected chi connectivity index (χ1v) is 0.516. The fourth-order valence-corrected chi connectivity index (χ4v) is 0. The summed E-state index contributed by atoms with van der Waals surface area (Å²) in [6, 6.07) is 0. The fourth-order valence-electron chi connectivity index (χ4n) is 0. The summed E-state index contributed by atoms with van der Waals surface area (Å²) in [5.74, 6) is 0. The molecule has 0 aromatic rings. The maximum Gasteiger partial charge on any atom is 0.482 e. The van der Waals surface area contributed by atoms with Crippen LogP contribution in [0.4, 0.5) is 0 Å². The Morgan fingerprint density at radius 1 is 1.00 bits per heavy atom. The average Bonchev–Trinajstić information content (AvgIpc) is 0.918. The van der Waals surface area contributed by atoms with Crippen molar-refractivity contribution >= 4 is 7.69 Å². The van der Waals surface area contributed by atoms with Crippen molar-refractivity contribution in [1.29, 1.82) is 0 Å². The predicted octanol–water partition coefficient (Wildman–Crippen LogP) is -1.17. The van der Waals surface area contributed by atoms with E-state index in [9.17, 15) is 0 Å². The molecular formula is H8BN2O2. The van der Waals surface area contributed by atoms with Crippen LogP contribution in [0.25, 0.3) is 0 Å². The van der Waals surface area contributed by atoms with Crippen LogP contribution >= 0.6 is 0 Å². The van der Waals surface area contributed by atoms with Crippen molar-refractivity contribution in [3.05, 3.63) is 0 Å². The Hall–Kier alpha value is -0.0951. The maximum absolute atomic E-state index is 7.00. The van der Waals surface area contributed by atoms with Crippen molar-refractivity contribution in [2.75, 3.05) is 0 Å². The minimum atomic E-state index is 0. The largest absolute Gasteiger partial charge is 0.482 e. The first kappa shape index (κ1) is 20.6. The van der Waals surface area contributed by atoms with Crippen LogP contribution in [0, 0.1) is 0 Å². The molecule has 1 radical (unpaired) electrons. The smallest absolute Gasteiger partial charge is 0.429 e. The second kappa shape index (κ2) is 40.2. The summed E-state index contributed by atoms with van der Waals surface area (Å²) in [6.45, 7) is 0. The van der Waals surface area contributed by atoms with E-state index in [-0.39, 0.29) is 20.0 Å². The molecule has 0 spiro atoms. The highest BCUT2D eigenvalue weighted by atomic mass is 16.4. The van der Waals surface area contributed by atoms with Gasteiger partial charge in [-0.2, -0.15) is 0 Å². The number of rotatable bonds is 0. The van der Waals surface area contributed by atoms with Gasteiger partial charge in [0.15, 0.2) is 0 Å². The summed E-state index contributed by atoms with van der Waals surface area (Å²) in [7, 11) is 0. The van der Waals surface area contributed by atoms with Crippen molar-refractivity contribution in [3.63, 3.8) is 0 Å². The highest BCUT2D eigenvalue weighted by molar-refractivity contribution is 6.13. The highest BCUT2D eigenvalue weighted by Crippen LogP contribution is 1.08. The van der Waals surface area contributed by atoms with Gasteiger partial charge < -0.3 is 22.3 Å². The van der Waals surface area contributed by atoms with Gasteiger partial charge in [0.1, 0.15) is 0 Å². The molecule has 8 N–H and O–H groups in total. The molecular weight excluding hydrogens is 70.8 g/mol. The van der Waals surface area contributed by atoms with Gasteiger partial charge in [0, 0.05) is 0 Å². The summed E-state index contributed by atoms with van der Waals surface area (Å²) < 4.78 is 0. The third kappa shape index (κ3) is 1570. The lowest BCUT2D eigenvalue weighted by Gasteiger charge is -1.46. The van der Waals surface area contributed by atoms with Crippen LogP contribution in [-0.2, 0) is 0 Å². The van der Waals surface area contributed by atoms with Crippen LogP contribution in [0.1, 0.15) is 0 Å². The second-order valence-electron chi connectivity index (χ2n) is 0.115. The van der Waals surface area contributed by atoms with Crippen molar-refractivity contribution in [3.8, 4) is 0 Å². The van der Waals surface area contributed by atoms with E-state index in [0.717, 1.165) is 0 Å². The molecule has 0 heterocycles. The molecule has 5 heavy (non-hydrogen) atoms. The molecule has 0 aromatic heterocycles.